The molecule has 3 N–H and O–H groups in total. The number of thiophene rings is 1. The van der Waals surface area contributed by atoms with Crippen molar-refractivity contribution in [2.24, 2.45) is 0 Å². The van der Waals surface area contributed by atoms with Crippen molar-refractivity contribution in [3.63, 3.8) is 0 Å². The van der Waals surface area contributed by atoms with Crippen molar-refractivity contribution in [1.29, 1.82) is 0 Å². The Morgan fingerprint density at radius 3 is 2.57 bits per heavy atom. The molecule has 7 nitrogen and oxygen atoms in total. The summed E-state index contributed by atoms with van der Waals surface area (Å²) in [4.78, 5) is 37.9. The molecular weight excluding hydrogens is 316 g/mol. The highest BCUT2D eigenvalue weighted by Gasteiger charge is 2.28. The summed E-state index contributed by atoms with van der Waals surface area (Å²) < 4.78 is 0. The van der Waals surface area contributed by atoms with Crippen molar-refractivity contribution in [1.82, 2.24) is 20.9 Å². The third kappa shape index (κ3) is 4.77. The molecule has 2 rings (SSSR count). The van der Waals surface area contributed by atoms with Gasteiger partial charge in [-0.2, -0.15) is 0 Å². The topological polar surface area (TPSA) is 90.5 Å². The molecule has 8 heteroatoms. The number of hydrogen-bond acceptors (Lipinski definition) is 5. The molecule has 0 aromatic carbocycles. The molecule has 4 amide bonds. The lowest BCUT2D eigenvalue weighted by molar-refractivity contribution is -0.125. The average Bonchev–Trinajstić information content (AvgIpc) is 3.09. The zero-order chi connectivity index (χ0) is 16.8. The molecule has 2 heterocycles. The number of carbonyl (C=O) groups is 3. The van der Waals surface area contributed by atoms with Crippen LogP contribution in [-0.4, -0.2) is 55.0 Å². The van der Waals surface area contributed by atoms with Gasteiger partial charge < -0.3 is 10.6 Å². The van der Waals surface area contributed by atoms with Crippen LogP contribution in [0.15, 0.2) is 17.5 Å². The Labute approximate surface area is 139 Å². The van der Waals surface area contributed by atoms with Gasteiger partial charge in [0.1, 0.15) is 0 Å². The van der Waals surface area contributed by atoms with Crippen molar-refractivity contribution in [3.05, 3.63) is 22.4 Å². The van der Waals surface area contributed by atoms with Gasteiger partial charge in [-0.15, -0.1) is 11.3 Å². The first-order valence-electron chi connectivity index (χ1n) is 7.62. The van der Waals surface area contributed by atoms with Gasteiger partial charge in [-0.1, -0.05) is 6.07 Å². The van der Waals surface area contributed by atoms with E-state index in [1.54, 1.807) is 13.0 Å². The molecule has 126 valence electrons. The fraction of sp³-hybridized carbons (Fsp3) is 0.533. The second kappa shape index (κ2) is 8.07. The fourth-order valence-electron chi connectivity index (χ4n) is 2.54. The maximum absolute atomic E-state index is 12.0. The van der Waals surface area contributed by atoms with Crippen LogP contribution in [0.5, 0.6) is 0 Å². The summed E-state index contributed by atoms with van der Waals surface area (Å²) in [6.45, 7) is 3.19. The van der Waals surface area contributed by atoms with E-state index in [4.69, 9.17) is 0 Å². The number of nitrogens with zero attached hydrogens (tertiary/aromatic N) is 1. The molecule has 1 aromatic rings. The predicted octanol–water partition coefficient (Wildman–Crippen LogP) is 0.786. The third-order valence-electron chi connectivity index (χ3n) is 4.00. The van der Waals surface area contributed by atoms with Crippen LogP contribution >= 0.6 is 11.3 Å². The molecule has 1 fully saturated rings. The lowest BCUT2D eigenvalue weighted by Gasteiger charge is -2.35. The second-order valence-corrected chi connectivity index (χ2v) is 6.45. The zero-order valence-corrected chi connectivity index (χ0v) is 14.1. The van der Waals surface area contributed by atoms with E-state index in [1.165, 1.54) is 18.4 Å². The summed E-state index contributed by atoms with van der Waals surface area (Å²) >= 11 is 1.42. The maximum Gasteiger partial charge on any atom is 0.321 e. The van der Waals surface area contributed by atoms with Gasteiger partial charge in [0.25, 0.3) is 5.91 Å². The molecule has 1 atom stereocenters. The molecule has 23 heavy (non-hydrogen) atoms. The minimum atomic E-state index is -0.500. The predicted molar refractivity (Wildman–Crippen MR) is 88.4 cm³/mol. The van der Waals surface area contributed by atoms with Crippen LogP contribution in [0.1, 0.15) is 29.4 Å². The smallest absolute Gasteiger partial charge is 0.321 e. The summed E-state index contributed by atoms with van der Waals surface area (Å²) in [5.41, 5.74) is 0. The summed E-state index contributed by atoms with van der Waals surface area (Å²) in [5.74, 6) is -0.353. The molecule has 0 saturated carbocycles. The number of nitrogens with one attached hydrogen (secondary N) is 3. The normalized spacial score (nSPS) is 17.3. The van der Waals surface area contributed by atoms with Crippen LogP contribution in [0.2, 0.25) is 0 Å². The molecule has 1 aliphatic rings. The minimum absolute atomic E-state index is 0.0381. The molecule has 0 spiro atoms. The van der Waals surface area contributed by atoms with Gasteiger partial charge in [-0.25, -0.2) is 4.79 Å². The van der Waals surface area contributed by atoms with Gasteiger partial charge in [-0.3, -0.25) is 19.8 Å². The first-order valence-corrected chi connectivity index (χ1v) is 8.50. The van der Waals surface area contributed by atoms with Crippen molar-refractivity contribution in [2.45, 2.75) is 31.8 Å². The van der Waals surface area contributed by atoms with Gasteiger partial charge in [0, 0.05) is 26.2 Å². The van der Waals surface area contributed by atoms with E-state index in [2.05, 4.69) is 16.0 Å². The van der Waals surface area contributed by atoms with Gasteiger partial charge in [0.05, 0.1) is 10.9 Å². The van der Waals surface area contributed by atoms with E-state index < -0.39 is 6.03 Å². The lowest BCUT2D eigenvalue weighted by atomic mass is 10.0. The summed E-state index contributed by atoms with van der Waals surface area (Å²) in [6, 6.07) is 2.91. The van der Waals surface area contributed by atoms with E-state index in [0.717, 1.165) is 12.8 Å². The number of imide groups is 1. The number of carbonyl (C=O) groups excluding carboxylic acids is 3. The Morgan fingerprint density at radius 1 is 1.30 bits per heavy atom. The van der Waals surface area contributed by atoms with Crippen LogP contribution in [0.3, 0.4) is 0 Å². The molecule has 0 bridgehead atoms. The fourth-order valence-corrected chi connectivity index (χ4v) is 3.17. The number of piperidine rings is 1. The number of urea groups is 1. The first-order chi connectivity index (χ1) is 11.0. The average molecular weight is 338 g/mol. The Kier molecular flexibility index (Phi) is 6.12. The van der Waals surface area contributed by atoms with Crippen LogP contribution in [0.25, 0.3) is 0 Å². The summed E-state index contributed by atoms with van der Waals surface area (Å²) in [5, 5.41) is 9.56. The highest BCUT2D eigenvalue weighted by atomic mass is 32.1. The Bertz CT molecular complexity index is 553. The standard InChI is InChI=1S/C15H22N4O3S/c1-10(13(20)18-15(22)16-2)19-7-5-11(6-8-19)17-14(21)12-4-3-9-23-12/h3-4,9-11H,5-8H2,1-2H3,(H,17,21)(H2,16,18,20,22). The number of likely N-dealkylation sites (tertiary alicyclic amines) is 1. The van der Waals surface area contributed by atoms with E-state index in [0.29, 0.717) is 18.0 Å². The zero-order valence-electron chi connectivity index (χ0n) is 13.3. The van der Waals surface area contributed by atoms with E-state index in [1.807, 2.05) is 16.3 Å². The number of rotatable bonds is 4. The second-order valence-electron chi connectivity index (χ2n) is 5.51. The molecule has 1 aliphatic heterocycles. The Balaban J connectivity index is 1.78. The van der Waals surface area contributed by atoms with Gasteiger partial charge in [0.2, 0.25) is 5.91 Å². The van der Waals surface area contributed by atoms with Crippen LogP contribution in [0.4, 0.5) is 4.79 Å². The molecule has 0 aliphatic carbocycles. The van der Waals surface area contributed by atoms with Gasteiger partial charge >= 0.3 is 6.03 Å². The van der Waals surface area contributed by atoms with Gasteiger partial charge in [-0.05, 0) is 31.2 Å². The van der Waals surface area contributed by atoms with Crippen molar-refractivity contribution in [3.8, 4) is 0 Å². The highest BCUT2D eigenvalue weighted by molar-refractivity contribution is 7.12. The summed E-state index contributed by atoms with van der Waals surface area (Å²) in [6.07, 6.45) is 1.57. The van der Waals surface area contributed by atoms with Crippen molar-refractivity contribution >= 4 is 29.2 Å². The van der Waals surface area contributed by atoms with Crippen LogP contribution < -0.4 is 16.0 Å². The Hall–Kier alpha value is -1.93. The minimum Gasteiger partial charge on any atom is -0.349 e. The maximum atomic E-state index is 12.0. The summed E-state index contributed by atoms with van der Waals surface area (Å²) in [7, 11) is 1.47. The molecule has 1 unspecified atom stereocenters. The molecule has 1 aromatic heterocycles. The Morgan fingerprint density at radius 2 is 2.00 bits per heavy atom. The van der Waals surface area contributed by atoms with E-state index in [-0.39, 0.29) is 23.9 Å². The molecular formula is C15H22N4O3S. The highest BCUT2D eigenvalue weighted by Crippen LogP contribution is 2.15. The SMILES string of the molecule is CNC(=O)NC(=O)C(C)N1CCC(NC(=O)c2cccs2)CC1. The molecule has 0 radical (unpaired) electrons. The lowest BCUT2D eigenvalue weighted by Crippen LogP contribution is -2.53. The van der Waals surface area contributed by atoms with E-state index in [9.17, 15) is 14.4 Å². The van der Waals surface area contributed by atoms with Crippen molar-refractivity contribution in [2.75, 3.05) is 20.1 Å². The molecule has 1 saturated heterocycles. The van der Waals surface area contributed by atoms with Crippen molar-refractivity contribution < 1.29 is 14.4 Å². The first kappa shape index (κ1) is 17.4. The number of amides is 4. The quantitative estimate of drug-likeness (QED) is 0.757. The third-order valence-corrected chi connectivity index (χ3v) is 4.87. The van der Waals surface area contributed by atoms with Crippen LogP contribution in [-0.2, 0) is 4.79 Å². The van der Waals surface area contributed by atoms with E-state index >= 15 is 0 Å². The largest absolute Gasteiger partial charge is 0.349 e. The number of hydrogen-bond donors (Lipinski definition) is 3. The monoisotopic (exact) mass is 338 g/mol. The van der Waals surface area contributed by atoms with Crippen LogP contribution in [0, 0.1) is 0 Å². The van der Waals surface area contributed by atoms with Gasteiger partial charge in [0.15, 0.2) is 0 Å².